The molecule has 65 heavy (non-hydrogen) atoms. The quantitative estimate of drug-likeness (QED) is 0.0176. The average molecular weight is 933 g/mol. The van der Waals surface area contributed by atoms with Gasteiger partial charge in [0.25, 0.3) is 0 Å². The molecule has 14 heteroatoms. The zero-order valence-electron chi connectivity index (χ0n) is 40.7. The van der Waals surface area contributed by atoms with Gasteiger partial charge >= 0.3 is 5.97 Å². The van der Waals surface area contributed by atoms with E-state index in [9.17, 15) is 40.5 Å². The van der Waals surface area contributed by atoms with Crippen molar-refractivity contribution in [3.63, 3.8) is 0 Å². The van der Waals surface area contributed by atoms with E-state index in [1.165, 1.54) is 141 Å². The standard InChI is InChI=1S/C51H96O14/c1-3-5-7-9-11-13-15-16-17-18-19-20-21-22-23-24-25-26-28-30-32-34-43(53)63-40(37-60-35-33-31-29-27-14-12-10-8-6-4-2)38-61-50-49(59)47(57)45(55)42(65-50)39-62-51-48(58)46(56)44(54)41(36-52)64-51/h18-19,40-42,44-52,54-59H,3-17,20-39H2,1-2H3/b19-18-. The molecule has 14 nitrogen and oxygen atoms in total. The minimum Gasteiger partial charge on any atom is -0.457 e. The third kappa shape index (κ3) is 27.5. The third-order valence-electron chi connectivity index (χ3n) is 12.8. The first-order chi connectivity index (χ1) is 31.6. The highest BCUT2D eigenvalue weighted by molar-refractivity contribution is 5.69. The van der Waals surface area contributed by atoms with Crippen molar-refractivity contribution in [1.82, 2.24) is 0 Å². The Morgan fingerprint density at radius 2 is 0.908 bits per heavy atom. The number of esters is 1. The Bertz CT molecular complexity index is 1130. The van der Waals surface area contributed by atoms with Gasteiger partial charge in [0.05, 0.1) is 26.4 Å². The Morgan fingerprint density at radius 3 is 1.40 bits per heavy atom. The molecule has 2 fully saturated rings. The first kappa shape index (κ1) is 59.9. The number of aliphatic hydroxyl groups is 7. The van der Waals surface area contributed by atoms with Gasteiger partial charge in [-0.3, -0.25) is 4.79 Å². The predicted molar refractivity (Wildman–Crippen MR) is 252 cm³/mol. The summed E-state index contributed by atoms with van der Waals surface area (Å²) in [5.41, 5.74) is 0. The van der Waals surface area contributed by atoms with Crippen LogP contribution in [0.1, 0.15) is 206 Å². The van der Waals surface area contributed by atoms with Crippen LogP contribution in [0.2, 0.25) is 0 Å². The van der Waals surface area contributed by atoms with E-state index in [0.717, 1.165) is 38.5 Å². The smallest absolute Gasteiger partial charge is 0.306 e. The molecule has 0 bridgehead atoms. The van der Waals surface area contributed by atoms with E-state index in [1.807, 2.05) is 0 Å². The fourth-order valence-corrected chi connectivity index (χ4v) is 8.46. The lowest BCUT2D eigenvalue weighted by Gasteiger charge is -2.42. The predicted octanol–water partition coefficient (Wildman–Crippen LogP) is 7.85. The number of carbonyl (C=O) groups is 1. The van der Waals surface area contributed by atoms with Gasteiger partial charge in [0, 0.05) is 13.0 Å². The molecule has 2 aliphatic heterocycles. The number of hydrogen-bond acceptors (Lipinski definition) is 14. The molecule has 7 N–H and O–H groups in total. The highest BCUT2D eigenvalue weighted by Gasteiger charge is 2.47. The Balaban J connectivity index is 1.72. The van der Waals surface area contributed by atoms with Crippen molar-refractivity contribution in [1.29, 1.82) is 0 Å². The molecule has 2 saturated heterocycles. The fourth-order valence-electron chi connectivity index (χ4n) is 8.46. The lowest BCUT2D eigenvalue weighted by atomic mass is 9.98. The zero-order chi connectivity index (χ0) is 47.3. The van der Waals surface area contributed by atoms with Crippen LogP contribution in [0.5, 0.6) is 0 Å². The van der Waals surface area contributed by atoms with Gasteiger partial charge in [0.1, 0.15) is 54.9 Å². The number of rotatable bonds is 42. The minimum atomic E-state index is -1.70. The zero-order valence-corrected chi connectivity index (χ0v) is 40.7. The number of allylic oxidation sites excluding steroid dienone is 2. The second-order valence-corrected chi connectivity index (χ2v) is 18.7. The SMILES string of the molecule is CCCCCCCCCC/C=C\CCCCCCCCCCCC(=O)OC(COCCCCCCCCCCCC)COC1OC(COC2OC(CO)C(O)C(O)C2O)C(O)C(O)C1O. The van der Waals surface area contributed by atoms with Gasteiger partial charge in [-0.2, -0.15) is 0 Å². The van der Waals surface area contributed by atoms with Gasteiger partial charge < -0.3 is 64.2 Å². The van der Waals surface area contributed by atoms with Crippen LogP contribution >= 0.6 is 0 Å². The normalized spacial score (nSPS) is 26.5. The molecule has 0 saturated carbocycles. The van der Waals surface area contributed by atoms with E-state index < -0.39 is 80.7 Å². The molecular formula is C51H96O14. The van der Waals surface area contributed by atoms with E-state index in [2.05, 4.69) is 26.0 Å². The van der Waals surface area contributed by atoms with Crippen LogP contribution in [0.3, 0.4) is 0 Å². The maximum Gasteiger partial charge on any atom is 0.306 e. The summed E-state index contributed by atoms with van der Waals surface area (Å²) >= 11 is 0. The van der Waals surface area contributed by atoms with Crippen LogP contribution in [0.15, 0.2) is 12.2 Å². The summed E-state index contributed by atoms with van der Waals surface area (Å²) in [5, 5.41) is 72.0. The van der Waals surface area contributed by atoms with Crippen LogP contribution in [-0.4, -0.2) is 142 Å². The molecule has 0 aliphatic carbocycles. The number of hydrogen-bond donors (Lipinski definition) is 7. The third-order valence-corrected chi connectivity index (χ3v) is 12.8. The second-order valence-electron chi connectivity index (χ2n) is 18.7. The summed E-state index contributed by atoms with van der Waals surface area (Å²) in [5.74, 6) is -0.376. The average Bonchev–Trinajstić information content (AvgIpc) is 3.30. The van der Waals surface area contributed by atoms with Crippen LogP contribution in [0.25, 0.3) is 0 Å². The molecule has 0 radical (unpaired) electrons. The number of aliphatic hydroxyl groups excluding tert-OH is 7. The minimum absolute atomic E-state index is 0.0659. The van der Waals surface area contributed by atoms with E-state index in [0.29, 0.717) is 13.0 Å². The molecule has 11 atom stereocenters. The van der Waals surface area contributed by atoms with Gasteiger partial charge in [-0.15, -0.1) is 0 Å². The van der Waals surface area contributed by atoms with E-state index in [4.69, 9.17) is 28.4 Å². The lowest BCUT2D eigenvalue weighted by molar-refractivity contribution is -0.332. The van der Waals surface area contributed by atoms with Crippen LogP contribution in [0.4, 0.5) is 0 Å². The Hall–Kier alpha value is -1.27. The Morgan fingerprint density at radius 1 is 0.492 bits per heavy atom. The molecule has 2 aliphatic rings. The Kier molecular flexibility index (Phi) is 36.4. The van der Waals surface area contributed by atoms with Crippen molar-refractivity contribution in [3.8, 4) is 0 Å². The number of carbonyl (C=O) groups excluding carboxylic acids is 1. The van der Waals surface area contributed by atoms with Crippen LogP contribution in [0, 0.1) is 0 Å². The molecule has 0 aromatic heterocycles. The van der Waals surface area contributed by atoms with Crippen molar-refractivity contribution < 1.29 is 69.0 Å². The van der Waals surface area contributed by atoms with Crippen molar-refractivity contribution in [2.24, 2.45) is 0 Å². The highest BCUT2D eigenvalue weighted by atomic mass is 16.7. The van der Waals surface area contributed by atoms with E-state index in [1.54, 1.807) is 0 Å². The first-order valence-corrected chi connectivity index (χ1v) is 26.3. The van der Waals surface area contributed by atoms with Gasteiger partial charge in [0.15, 0.2) is 12.6 Å². The molecule has 0 spiro atoms. The summed E-state index contributed by atoms with van der Waals surface area (Å²) in [6, 6.07) is 0. The van der Waals surface area contributed by atoms with Crippen LogP contribution in [-0.2, 0) is 33.2 Å². The molecule has 11 unspecified atom stereocenters. The van der Waals surface area contributed by atoms with Crippen molar-refractivity contribution >= 4 is 5.97 Å². The summed E-state index contributed by atoms with van der Waals surface area (Å²) < 4.78 is 34.2. The van der Waals surface area contributed by atoms with Crippen LogP contribution < -0.4 is 0 Å². The molecule has 384 valence electrons. The molecule has 0 amide bonds. The molecule has 0 aromatic carbocycles. The fraction of sp³-hybridized carbons (Fsp3) is 0.941. The van der Waals surface area contributed by atoms with Gasteiger partial charge in [-0.1, -0.05) is 174 Å². The molecule has 0 aromatic rings. The van der Waals surface area contributed by atoms with Crippen molar-refractivity contribution in [2.75, 3.05) is 33.0 Å². The van der Waals surface area contributed by atoms with Gasteiger partial charge in [0.2, 0.25) is 0 Å². The molecule has 2 rings (SSSR count). The van der Waals surface area contributed by atoms with Gasteiger partial charge in [-0.05, 0) is 38.5 Å². The Labute approximate surface area is 393 Å². The number of ether oxygens (including phenoxy) is 6. The maximum absolute atomic E-state index is 13.0. The molecular weight excluding hydrogens is 837 g/mol. The topological polar surface area (TPSA) is 214 Å². The van der Waals surface area contributed by atoms with Crippen molar-refractivity contribution in [3.05, 3.63) is 12.2 Å². The number of unbranched alkanes of at least 4 members (excludes halogenated alkanes) is 26. The van der Waals surface area contributed by atoms with E-state index in [-0.39, 0.29) is 25.6 Å². The summed E-state index contributed by atoms with van der Waals surface area (Å²) in [4.78, 5) is 13.0. The largest absolute Gasteiger partial charge is 0.457 e. The maximum atomic E-state index is 13.0. The monoisotopic (exact) mass is 933 g/mol. The second kappa shape index (κ2) is 39.6. The van der Waals surface area contributed by atoms with Gasteiger partial charge in [-0.25, -0.2) is 0 Å². The lowest BCUT2D eigenvalue weighted by Crippen LogP contribution is -2.61. The van der Waals surface area contributed by atoms with Crippen molar-refractivity contribution in [2.45, 2.75) is 274 Å². The van der Waals surface area contributed by atoms with E-state index >= 15 is 0 Å². The molecule has 2 heterocycles. The summed E-state index contributed by atoms with van der Waals surface area (Å²) in [7, 11) is 0. The first-order valence-electron chi connectivity index (χ1n) is 26.3. The summed E-state index contributed by atoms with van der Waals surface area (Å²) in [6.07, 6.45) is 24.2. The summed E-state index contributed by atoms with van der Waals surface area (Å²) in [6.45, 7) is 3.70. The highest BCUT2D eigenvalue weighted by Crippen LogP contribution is 2.26.